The van der Waals surface area contributed by atoms with Crippen LogP contribution in [-0.4, -0.2) is 16.1 Å². The van der Waals surface area contributed by atoms with Gasteiger partial charge in [-0.25, -0.2) is 0 Å². The van der Waals surface area contributed by atoms with E-state index in [-0.39, 0.29) is 5.91 Å². The molecule has 0 unspecified atom stereocenters. The molecule has 0 aliphatic carbocycles. The van der Waals surface area contributed by atoms with Gasteiger partial charge in [0.2, 0.25) is 0 Å². The molecule has 1 aromatic heterocycles. The molecule has 2 rings (SSSR count). The first-order valence-corrected chi connectivity index (χ1v) is 3.99. The lowest BCUT2D eigenvalue weighted by molar-refractivity contribution is -0.113. The summed E-state index contributed by atoms with van der Waals surface area (Å²) in [6.45, 7) is 3.64. The lowest BCUT2D eigenvalue weighted by atomic mass is 10.5. The molecule has 6 heteroatoms. The van der Waals surface area contributed by atoms with Gasteiger partial charge in [-0.2, -0.15) is 10.2 Å². The fraction of sp³-hybridized carbons (Fsp3) is 0.250. The number of H-pyrrole nitrogens is 1. The third kappa shape index (κ3) is 3.18. The molecule has 14 heavy (non-hydrogen) atoms. The highest BCUT2D eigenvalue weighted by Crippen LogP contribution is 2.03. The maximum atomic E-state index is 10.1. The van der Waals surface area contributed by atoms with E-state index in [1.54, 1.807) is 13.0 Å². The van der Waals surface area contributed by atoms with E-state index in [9.17, 15) is 4.79 Å². The number of aromatic amines is 1. The van der Waals surface area contributed by atoms with Gasteiger partial charge in [-0.3, -0.25) is 9.89 Å². The number of anilines is 1. The van der Waals surface area contributed by atoms with Crippen LogP contribution in [0.15, 0.2) is 28.1 Å². The van der Waals surface area contributed by atoms with Gasteiger partial charge in [0.05, 0.1) is 5.70 Å². The maximum absolute atomic E-state index is 10.1. The van der Waals surface area contributed by atoms with E-state index in [2.05, 4.69) is 20.4 Å². The summed E-state index contributed by atoms with van der Waals surface area (Å²) in [5, 5.41) is 13.0. The largest absolute Gasteiger partial charge is 0.382 e. The Balaban J connectivity index is 0.000000140. The molecule has 0 bridgehead atoms. The van der Waals surface area contributed by atoms with Crippen molar-refractivity contribution in [3.8, 4) is 0 Å². The number of hydrogen-bond acceptors (Lipinski definition) is 4. The second-order valence-electron chi connectivity index (χ2n) is 2.80. The Bertz CT molecular complexity index is 374. The highest BCUT2D eigenvalue weighted by molar-refractivity contribution is 5.90. The molecule has 3 N–H and O–H groups in total. The van der Waals surface area contributed by atoms with Crippen molar-refractivity contribution in [3.05, 3.63) is 23.5 Å². The van der Waals surface area contributed by atoms with Crippen molar-refractivity contribution in [2.24, 2.45) is 10.2 Å². The molecule has 0 fully saturated rings. The molecule has 0 saturated heterocycles. The third-order valence-electron chi connectivity index (χ3n) is 1.36. The molecular weight excluding hydrogens is 182 g/mol. The summed E-state index contributed by atoms with van der Waals surface area (Å²) in [7, 11) is 0. The van der Waals surface area contributed by atoms with Crippen LogP contribution in [0, 0.1) is 6.92 Å². The average Bonchev–Trinajstić information content (AvgIpc) is 2.63. The Morgan fingerprint density at radius 2 is 2.07 bits per heavy atom. The van der Waals surface area contributed by atoms with E-state index in [4.69, 9.17) is 5.73 Å². The molecule has 1 aromatic rings. The van der Waals surface area contributed by atoms with Crippen LogP contribution >= 0.6 is 0 Å². The van der Waals surface area contributed by atoms with Gasteiger partial charge in [-0.1, -0.05) is 0 Å². The minimum absolute atomic E-state index is 0.252. The van der Waals surface area contributed by atoms with Crippen LogP contribution in [0.4, 0.5) is 5.82 Å². The minimum Gasteiger partial charge on any atom is -0.382 e. The summed E-state index contributed by atoms with van der Waals surface area (Å²) < 4.78 is 0. The summed E-state index contributed by atoms with van der Waals surface area (Å²) in [6.07, 6.45) is 1.39. The first-order valence-electron chi connectivity index (χ1n) is 3.99. The Hall–Kier alpha value is -1.98. The number of carbonyl (C=O) groups is 1. The van der Waals surface area contributed by atoms with Crippen LogP contribution in [0.3, 0.4) is 0 Å². The Morgan fingerprint density at radius 1 is 1.36 bits per heavy atom. The molecule has 0 radical (unpaired) electrons. The molecule has 1 aliphatic heterocycles. The van der Waals surface area contributed by atoms with Crippen molar-refractivity contribution in [2.45, 2.75) is 13.8 Å². The van der Waals surface area contributed by atoms with Crippen LogP contribution in [0.25, 0.3) is 0 Å². The number of amides is 1. The molecule has 74 valence electrons. The number of allylic oxidation sites excluding steroid dienone is 1. The van der Waals surface area contributed by atoms with E-state index < -0.39 is 0 Å². The predicted molar refractivity (Wildman–Crippen MR) is 51.4 cm³/mol. The number of nitrogens with one attached hydrogen (secondary N) is 1. The van der Waals surface area contributed by atoms with Crippen molar-refractivity contribution >= 4 is 11.7 Å². The topological polar surface area (TPSA) is 96.5 Å². The molecule has 1 amide bonds. The number of rotatable bonds is 0. The summed E-state index contributed by atoms with van der Waals surface area (Å²) >= 11 is 0. The molecule has 0 aromatic carbocycles. The van der Waals surface area contributed by atoms with Gasteiger partial charge >= 0.3 is 0 Å². The van der Waals surface area contributed by atoms with E-state index in [0.717, 1.165) is 5.69 Å². The van der Waals surface area contributed by atoms with E-state index in [0.29, 0.717) is 11.5 Å². The van der Waals surface area contributed by atoms with Gasteiger partial charge in [-0.05, 0) is 13.8 Å². The molecular formula is C8H11N5O. The third-order valence-corrected chi connectivity index (χ3v) is 1.36. The van der Waals surface area contributed by atoms with Crippen LogP contribution in [0.2, 0.25) is 0 Å². The first kappa shape index (κ1) is 10.1. The molecule has 0 atom stereocenters. The van der Waals surface area contributed by atoms with Crippen molar-refractivity contribution in [2.75, 3.05) is 5.73 Å². The summed E-state index contributed by atoms with van der Waals surface area (Å²) in [5.74, 6) is 0.301. The lowest BCUT2D eigenvalue weighted by Gasteiger charge is -1.68. The number of nitrogen functional groups attached to an aromatic ring is 1. The number of hydrogen-bond donors (Lipinski definition) is 2. The summed E-state index contributed by atoms with van der Waals surface area (Å²) in [4.78, 5) is 10.1. The number of nitrogens with two attached hydrogens (primary N) is 1. The molecule has 2 heterocycles. The Morgan fingerprint density at radius 3 is 2.21 bits per heavy atom. The van der Waals surface area contributed by atoms with Crippen LogP contribution < -0.4 is 5.73 Å². The Labute approximate surface area is 80.9 Å². The van der Waals surface area contributed by atoms with Crippen LogP contribution in [-0.2, 0) is 4.79 Å². The SMILES string of the molecule is CC1=CC(=O)N=N1.Cc1cc(N)n[nH]1. The lowest BCUT2D eigenvalue weighted by Crippen LogP contribution is -1.81. The van der Waals surface area contributed by atoms with Gasteiger partial charge < -0.3 is 5.73 Å². The summed E-state index contributed by atoms with van der Waals surface area (Å²) in [6, 6.07) is 1.78. The minimum atomic E-state index is -0.252. The average molecular weight is 193 g/mol. The number of aromatic nitrogens is 2. The van der Waals surface area contributed by atoms with Crippen LogP contribution in [0.1, 0.15) is 12.6 Å². The standard InChI is InChI=1S/C4H7N3.C4H4N2O/c1-3-2-4(5)7-6-3;1-3-2-4(7)6-5-3/h2H,1H3,(H3,5,6,7);2H,1H3. The quantitative estimate of drug-likeness (QED) is 0.647. The Kier molecular flexibility index (Phi) is 3.11. The smallest absolute Gasteiger partial charge is 0.290 e. The van der Waals surface area contributed by atoms with E-state index in [1.807, 2.05) is 6.92 Å². The van der Waals surface area contributed by atoms with Crippen molar-refractivity contribution in [1.29, 1.82) is 0 Å². The molecule has 0 spiro atoms. The number of carbonyl (C=O) groups excluding carboxylic acids is 1. The second kappa shape index (κ2) is 4.31. The van der Waals surface area contributed by atoms with Gasteiger partial charge in [0.25, 0.3) is 5.91 Å². The fourth-order valence-electron chi connectivity index (χ4n) is 0.804. The van der Waals surface area contributed by atoms with E-state index in [1.165, 1.54) is 6.08 Å². The number of azo groups is 1. The van der Waals surface area contributed by atoms with Crippen molar-refractivity contribution in [1.82, 2.24) is 10.2 Å². The van der Waals surface area contributed by atoms with Gasteiger partial charge in [0.15, 0.2) is 0 Å². The van der Waals surface area contributed by atoms with Gasteiger partial charge in [0, 0.05) is 17.8 Å². The highest BCUT2D eigenvalue weighted by Gasteiger charge is 2.00. The zero-order valence-corrected chi connectivity index (χ0v) is 7.98. The maximum Gasteiger partial charge on any atom is 0.290 e. The normalized spacial score (nSPS) is 13.6. The fourth-order valence-corrected chi connectivity index (χ4v) is 0.804. The molecule has 1 aliphatic rings. The first-order chi connectivity index (χ1) is 6.58. The van der Waals surface area contributed by atoms with Crippen LogP contribution in [0.5, 0.6) is 0 Å². The number of aryl methyl sites for hydroxylation is 1. The monoisotopic (exact) mass is 193 g/mol. The molecule has 0 saturated carbocycles. The second-order valence-corrected chi connectivity index (χ2v) is 2.80. The van der Waals surface area contributed by atoms with Gasteiger partial charge in [-0.15, -0.1) is 5.11 Å². The van der Waals surface area contributed by atoms with E-state index >= 15 is 0 Å². The summed E-state index contributed by atoms with van der Waals surface area (Å²) in [5.41, 5.74) is 6.92. The highest BCUT2D eigenvalue weighted by atomic mass is 16.1. The van der Waals surface area contributed by atoms with Crippen molar-refractivity contribution in [3.63, 3.8) is 0 Å². The zero-order valence-electron chi connectivity index (χ0n) is 7.98. The van der Waals surface area contributed by atoms with Gasteiger partial charge in [0.1, 0.15) is 5.82 Å². The van der Waals surface area contributed by atoms with Crippen molar-refractivity contribution < 1.29 is 4.79 Å². The predicted octanol–water partition coefficient (Wildman–Crippen LogP) is 1.18. The number of nitrogens with zero attached hydrogens (tertiary/aromatic N) is 3. The zero-order chi connectivity index (χ0) is 10.6. The molecule has 6 nitrogen and oxygen atoms in total.